The Hall–Kier alpha value is -2.07. The Morgan fingerprint density at radius 3 is 2.46 bits per heavy atom. The van der Waals surface area contributed by atoms with E-state index in [1.54, 1.807) is 7.11 Å². The van der Waals surface area contributed by atoms with Gasteiger partial charge in [-0.2, -0.15) is 0 Å². The number of aromatic nitrogens is 1. The van der Waals surface area contributed by atoms with Crippen LogP contribution >= 0.6 is 0 Å². The van der Waals surface area contributed by atoms with Gasteiger partial charge in [0.05, 0.1) is 5.56 Å². The van der Waals surface area contributed by atoms with Crippen LogP contribution in [0.15, 0.2) is 30.3 Å². The minimum absolute atomic E-state index is 0.0238. The summed E-state index contributed by atoms with van der Waals surface area (Å²) in [4.78, 5) is 12.4. The van der Waals surface area contributed by atoms with E-state index in [1.165, 1.54) is 5.56 Å². The van der Waals surface area contributed by atoms with Gasteiger partial charge in [0.2, 0.25) is 0 Å². The molecule has 0 aliphatic carbocycles. The van der Waals surface area contributed by atoms with Crippen LogP contribution in [0.25, 0.3) is 5.69 Å². The van der Waals surface area contributed by atoms with E-state index in [4.69, 9.17) is 4.74 Å². The number of benzene rings is 1. The molecule has 0 bridgehead atoms. The maximum absolute atomic E-state index is 12.4. The Kier molecular flexibility index (Phi) is 6.21. The molecular weight excluding hydrogens is 300 g/mol. The summed E-state index contributed by atoms with van der Waals surface area (Å²) in [6.07, 6.45) is 0.817. The van der Waals surface area contributed by atoms with Gasteiger partial charge in [-0.3, -0.25) is 4.79 Å². The zero-order chi connectivity index (χ0) is 17.7. The van der Waals surface area contributed by atoms with Crippen LogP contribution in [0, 0.1) is 13.8 Å². The number of aryl methyl sites for hydroxylation is 1. The molecule has 4 heteroatoms. The lowest BCUT2D eigenvalue weighted by molar-refractivity contribution is 0.0948. The fourth-order valence-corrected chi connectivity index (χ4v) is 2.91. The van der Waals surface area contributed by atoms with Gasteiger partial charge in [0.25, 0.3) is 5.91 Å². The number of nitrogens with zero attached hydrogens (tertiary/aromatic N) is 1. The summed E-state index contributed by atoms with van der Waals surface area (Å²) in [5.41, 5.74) is 5.17. The molecule has 0 fully saturated rings. The highest BCUT2D eigenvalue weighted by Gasteiger charge is 2.16. The number of methoxy groups -OCH3 is 1. The topological polar surface area (TPSA) is 43.3 Å². The summed E-state index contributed by atoms with van der Waals surface area (Å²) in [6, 6.07) is 10.5. The van der Waals surface area contributed by atoms with E-state index < -0.39 is 0 Å². The first-order valence-corrected chi connectivity index (χ1v) is 8.52. The molecule has 4 nitrogen and oxygen atoms in total. The zero-order valence-electron chi connectivity index (χ0n) is 15.3. The molecule has 0 aliphatic rings. The molecule has 0 spiro atoms. The van der Waals surface area contributed by atoms with Crippen LogP contribution in [0.3, 0.4) is 0 Å². The number of amides is 1. The molecular formula is C20H28N2O2. The molecule has 2 aromatic rings. The van der Waals surface area contributed by atoms with Crippen LogP contribution in [0.2, 0.25) is 0 Å². The van der Waals surface area contributed by atoms with Crippen molar-refractivity contribution in [2.75, 3.05) is 20.3 Å². The van der Waals surface area contributed by atoms with Crippen LogP contribution in [-0.4, -0.2) is 30.7 Å². The predicted octanol–water partition coefficient (Wildman–Crippen LogP) is 3.98. The minimum Gasteiger partial charge on any atom is -0.385 e. The highest BCUT2D eigenvalue weighted by atomic mass is 16.5. The van der Waals surface area contributed by atoms with E-state index in [9.17, 15) is 4.79 Å². The van der Waals surface area contributed by atoms with Crippen LogP contribution in [0.4, 0.5) is 0 Å². The van der Waals surface area contributed by atoms with Crippen molar-refractivity contribution in [3.05, 3.63) is 52.8 Å². The molecule has 1 aromatic heterocycles. The number of hydrogen-bond donors (Lipinski definition) is 1. The average molecular weight is 328 g/mol. The van der Waals surface area contributed by atoms with Crippen molar-refractivity contribution in [2.45, 2.75) is 40.0 Å². The van der Waals surface area contributed by atoms with Gasteiger partial charge in [0.15, 0.2) is 0 Å². The van der Waals surface area contributed by atoms with Gasteiger partial charge in [0, 0.05) is 37.3 Å². The lowest BCUT2D eigenvalue weighted by Gasteiger charge is -2.12. The predicted molar refractivity (Wildman–Crippen MR) is 98.2 cm³/mol. The summed E-state index contributed by atoms with van der Waals surface area (Å²) in [6.45, 7) is 9.68. The molecule has 0 unspecified atom stereocenters. The highest BCUT2D eigenvalue weighted by Crippen LogP contribution is 2.23. The fourth-order valence-electron chi connectivity index (χ4n) is 2.91. The van der Waals surface area contributed by atoms with Crippen molar-refractivity contribution >= 4 is 5.91 Å². The second-order valence-corrected chi connectivity index (χ2v) is 6.47. The van der Waals surface area contributed by atoms with Gasteiger partial charge >= 0.3 is 0 Å². The van der Waals surface area contributed by atoms with Crippen LogP contribution < -0.4 is 5.32 Å². The molecule has 2 rings (SSSR count). The van der Waals surface area contributed by atoms with Crippen LogP contribution in [0.1, 0.15) is 53.5 Å². The van der Waals surface area contributed by atoms with Crippen molar-refractivity contribution in [1.82, 2.24) is 9.88 Å². The third-order valence-electron chi connectivity index (χ3n) is 4.30. The SMILES string of the molecule is COCCCNC(=O)c1cc(C)n(-c2ccc(C(C)C)cc2)c1C. The second-order valence-electron chi connectivity index (χ2n) is 6.47. The summed E-state index contributed by atoms with van der Waals surface area (Å²) in [5, 5.41) is 2.96. The van der Waals surface area contributed by atoms with Gasteiger partial charge < -0.3 is 14.6 Å². The lowest BCUT2D eigenvalue weighted by atomic mass is 10.0. The number of hydrogen-bond acceptors (Lipinski definition) is 2. The Bertz CT molecular complexity index is 684. The van der Waals surface area contributed by atoms with E-state index in [-0.39, 0.29) is 5.91 Å². The first-order valence-electron chi connectivity index (χ1n) is 8.52. The summed E-state index contributed by atoms with van der Waals surface area (Å²) < 4.78 is 7.14. The van der Waals surface area contributed by atoms with Gasteiger partial charge in [-0.15, -0.1) is 0 Å². The van der Waals surface area contributed by atoms with Gasteiger partial charge in [0.1, 0.15) is 0 Å². The van der Waals surface area contributed by atoms with Gasteiger partial charge in [-0.05, 0) is 49.9 Å². The molecule has 24 heavy (non-hydrogen) atoms. The third-order valence-corrected chi connectivity index (χ3v) is 4.30. The smallest absolute Gasteiger partial charge is 0.253 e. The van der Waals surface area contributed by atoms with E-state index in [2.05, 4.69) is 48.0 Å². The Morgan fingerprint density at radius 1 is 1.21 bits per heavy atom. The molecule has 0 radical (unpaired) electrons. The van der Waals surface area contributed by atoms with Crippen LogP contribution in [0.5, 0.6) is 0 Å². The third kappa shape index (κ3) is 4.06. The average Bonchev–Trinajstić information content (AvgIpc) is 2.86. The number of carbonyl (C=O) groups excluding carboxylic acids is 1. The van der Waals surface area contributed by atoms with E-state index in [0.29, 0.717) is 19.1 Å². The molecule has 0 saturated heterocycles. The fraction of sp³-hybridized carbons (Fsp3) is 0.450. The Morgan fingerprint density at radius 2 is 1.88 bits per heavy atom. The van der Waals surface area contributed by atoms with Crippen molar-refractivity contribution < 1.29 is 9.53 Å². The van der Waals surface area contributed by atoms with Crippen molar-refractivity contribution in [2.24, 2.45) is 0 Å². The highest BCUT2D eigenvalue weighted by molar-refractivity contribution is 5.95. The summed E-state index contributed by atoms with van der Waals surface area (Å²) in [5.74, 6) is 0.489. The second kappa shape index (κ2) is 8.15. The normalized spacial score (nSPS) is 11.1. The minimum atomic E-state index is -0.0238. The first kappa shape index (κ1) is 18.3. The molecule has 0 atom stereocenters. The van der Waals surface area contributed by atoms with Crippen molar-refractivity contribution in [3.8, 4) is 5.69 Å². The maximum Gasteiger partial charge on any atom is 0.253 e. The number of nitrogens with one attached hydrogen (secondary N) is 1. The van der Waals surface area contributed by atoms with Crippen molar-refractivity contribution in [3.63, 3.8) is 0 Å². The van der Waals surface area contributed by atoms with Gasteiger partial charge in [-0.25, -0.2) is 0 Å². The maximum atomic E-state index is 12.4. The quantitative estimate of drug-likeness (QED) is 0.781. The lowest BCUT2D eigenvalue weighted by Crippen LogP contribution is -2.25. The largest absolute Gasteiger partial charge is 0.385 e. The molecule has 1 heterocycles. The Balaban J connectivity index is 2.20. The molecule has 0 saturated carbocycles. The molecule has 1 amide bonds. The van der Waals surface area contributed by atoms with Gasteiger partial charge in [-0.1, -0.05) is 26.0 Å². The number of rotatable bonds is 7. The summed E-state index contributed by atoms with van der Waals surface area (Å²) >= 11 is 0. The molecule has 0 aliphatic heterocycles. The zero-order valence-corrected chi connectivity index (χ0v) is 15.3. The van der Waals surface area contributed by atoms with Crippen LogP contribution in [-0.2, 0) is 4.74 Å². The first-order chi connectivity index (χ1) is 11.5. The van der Waals surface area contributed by atoms with E-state index >= 15 is 0 Å². The molecule has 1 N–H and O–H groups in total. The number of ether oxygens (including phenoxy) is 1. The summed E-state index contributed by atoms with van der Waals surface area (Å²) in [7, 11) is 1.67. The van der Waals surface area contributed by atoms with E-state index in [0.717, 1.165) is 29.1 Å². The number of carbonyl (C=O) groups is 1. The van der Waals surface area contributed by atoms with Crippen molar-refractivity contribution in [1.29, 1.82) is 0 Å². The molecule has 130 valence electrons. The Labute approximate surface area is 144 Å². The standard InChI is InChI=1S/C20H28N2O2/c1-14(2)17-7-9-18(10-8-17)22-15(3)13-19(16(22)4)20(23)21-11-6-12-24-5/h7-10,13-14H,6,11-12H2,1-5H3,(H,21,23). The van der Waals surface area contributed by atoms with E-state index in [1.807, 2.05) is 19.9 Å². The monoisotopic (exact) mass is 328 g/mol. The molecule has 1 aromatic carbocycles.